The van der Waals surface area contributed by atoms with E-state index >= 15 is 0 Å². The predicted octanol–water partition coefficient (Wildman–Crippen LogP) is 1.05. The van der Waals surface area contributed by atoms with Crippen LogP contribution in [0, 0.1) is 6.92 Å². The summed E-state index contributed by atoms with van der Waals surface area (Å²) in [7, 11) is 0. The third-order valence-corrected chi connectivity index (χ3v) is 1.77. The Balaban J connectivity index is 3.21. The Labute approximate surface area is 71.6 Å². The van der Waals surface area contributed by atoms with Crippen LogP contribution in [0.15, 0.2) is 12.3 Å². The number of aryl methyl sites for hydroxylation is 2. The van der Waals surface area contributed by atoms with Crippen molar-refractivity contribution in [2.24, 2.45) is 5.73 Å². The number of nitrogens with two attached hydrogens (primary N) is 1. The number of hydrogen-bond donors (Lipinski definition) is 1. The quantitative estimate of drug-likeness (QED) is 0.710. The summed E-state index contributed by atoms with van der Waals surface area (Å²) in [4.78, 5) is 15.0. The zero-order valence-corrected chi connectivity index (χ0v) is 7.29. The lowest BCUT2D eigenvalue weighted by atomic mass is 10.1. The molecule has 0 unspecified atom stereocenters. The summed E-state index contributed by atoms with van der Waals surface area (Å²) < 4.78 is 0. The van der Waals surface area contributed by atoms with Crippen molar-refractivity contribution in [1.29, 1.82) is 0 Å². The number of primary amides is 1. The molecule has 1 heterocycles. The standard InChI is InChI=1S/C9H12N2O/c1-3-7-5-11-6(2)4-8(7)9(10)12/h4-5H,3H2,1-2H3,(H2,10,12). The Hall–Kier alpha value is -1.38. The molecule has 0 radical (unpaired) electrons. The lowest BCUT2D eigenvalue weighted by Gasteiger charge is -2.03. The maximum Gasteiger partial charge on any atom is 0.249 e. The highest BCUT2D eigenvalue weighted by atomic mass is 16.1. The summed E-state index contributed by atoms with van der Waals surface area (Å²) in [5, 5.41) is 0. The zero-order valence-electron chi connectivity index (χ0n) is 7.29. The molecular formula is C9H12N2O. The number of aromatic nitrogens is 1. The summed E-state index contributed by atoms with van der Waals surface area (Å²) in [6, 6.07) is 1.72. The van der Waals surface area contributed by atoms with Crippen LogP contribution in [-0.4, -0.2) is 10.9 Å². The van der Waals surface area contributed by atoms with Gasteiger partial charge in [0.15, 0.2) is 0 Å². The molecule has 1 aromatic rings. The van der Waals surface area contributed by atoms with Crippen molar-refractivity contribution in [2.75, 3.05) is 0 Å². The molecule has 1 rings (SSSR count). The lowest BCUT2D eigenvalue weighted by Crippen LogP contribution is -2.14. The van der Waals surface area contributed by atoms with Gasteiger partial charge in [-0.25, -0.2) is 0 Å². The van der Waals surface area contributed by atoms with Crippen LogP contribution < -0.4 is 5.73 Å². The average Bonchev–Trinajstić information content (AvgIpc) is 2.04. The molecule has 0 aliphatic rings. The van der Waals surface area contributed by atoms with E-state index in [0.717, 1.165) is 17.7 Å². The lowest BCUT2D eigenvalue weighted by molar-refractivity contribution is 0.0999. The summed E-state index contributed by atoms with van der Waals surface area (Å²) >= 11 is 0. The Morgan fingerprint density at radius 1 is 1.67 bits per heavy atom. The highest BCUT2D eigenvalue weighted by Gasteiger charge is 2.06. The van der Waals surface area contributed by atoms with Gasteiger partial charge in [0.1, 0.15) is 0 Å². The van der Waals surface area contributed by atoms with Crippen LogP contribution in [0.2, 0.25) is 0 Å². The average molecular weight is 164 g/mol. The van der Waals surface area contributed by atoms with Crippen LogP contribution >= 0.6 is 0 Å². The molecule has 0 bridgehead atoms. The van der Waals surface area contributed by atoms with Crippen LogP contribution in [-0.2, 0) is 6.42 Å². The number of hydrogen-bond acceptors (Lipinski definition) is 2. The first-order valence-electron chi connectivity index (χ1n) is 3.90. The van der Waals surface area contributed by atoms with Crippen LogP contribution in [0.3, 0.4) is 0 Å². The minimum absolute atomic E-state index is 0.377. The first-order chi connectivity index (χ1) is 5.65. The van der Waals surface area contributed by atoms with Gasteiger partial charge >= 0.3 is 0 Å². The second kappa shape index (κ2) is 3.34. The maximum atomic E-state index is 10.9. The fraction of sp³-hybridized carbons (Fsp3) is 0.333. The summed E-state index contributed by atoms with van der Waals surface area (Å²) in [6.07, 6.45) is 2.49. The Kier molecular flexibility index (Phi) is 2.43. The smallest absolute Gasteiger partial charge is 0.249 e. The Morgan fingerprint density at radius 2 is 2.33 bits per heavy atom. The molecule has 3 heteroatoms. The number of carbonyl (C=O) groups excluding carboxylic acids is 1. The molecule has 0 saturated heterocycles. The van der Waals surface area contributed by atoms with Gasteiger partial charge in [0.2, 0.25) is 5.91 Å². The zero-order chi connectivity index (χ0) is 9.14. The van der Waals surface area contributed by atoms with Crippen LogP contribution in [0.4, 0.5) is 0 Å². The molecule has 0 spiro atoms. The topological polar surface area (TPSA) is 56.0 Å². The molecule has 0 aliphatic heterocycles. The molecular weight excluding hydrogens is 152 g/mol. The second-order valence-corrected chi connectivity index (χ2v) is 2.70. The van der Waals surface area contributed by atoms with Gasteiger partial charge in [0, 0.05) is 17.5 Å². The number of nitrogens with zero attached hydrogens (tertiary/aromatic N) is 1. The minimum atomic E-state index is -0.377. The van der Waals surface area contributed by atoms with Crippen molar-refractivity contribution in [3.05, 3.63) is 29.1 Å². The fourth-order valence-electron chi connectivity index (χ4n) is 1.10. The van der Waals surface area contributed by atoms with Gasteiger partial charge in [-0.15, -0.1) is 0 Å². The molecule has 0 saturated carbocycles. The summed E-state index contributed by atoms with van der Waals surface area (Å²) in [5.41, 5.74) is 7.51. The Bertz CT molecular complexity index is 307. The SMILES string of the molecule is CCc1cnc(C)cc1C(N)=O. The van der Waals surface area contributed by atoms with Gasteiger partial charge in [0.25, 0.3) is 0 Å². The summed E-state index contributed by atoms with van der Waals surface area (Å²) in [6.45, 7) is 3.81. The first-order valence-corrected chi connectivity index (χ1v) is 3.90. The molecule has 1 aromatic heterocycles. The molecule has 3 nitrogen and oxygen atoms in total. The summed E-state index contributed by atoms with van der Waals surface area (Å²) in [5.74, 6) is -0.377. The van der Waals surface area contributed by atoms with Gasteiger partial charge < -0.3 is 5.73 Å². The third kappa shape index (κ3) is 1.61. The largest absolute Gasteiger partial charge is 0.366 e. The highest BCUT2D eigenvalue weighted by molar-refractivity contribution is 5.94. The molecule has 1 amide bonds. The van der Waals surface area contributed by atoms with E-state index in [1.165, 1.54) is 0 Å². The van der Waals surface area contributed by atoms with E-state index in [2.05, 4.69) is 4.98 Å². The van der Waals surface area contributed by atoms with Crippen molar-refractivity contribution >= 4 is 5.91 Å². The normalized spacial score (nSPS) is 9.83. The van der Waals surface area contributed by atoms with Gasteiger partial charge in [-0.1, -0.05) is 6.92 Å². The highest BCUT2D eigenvalue weighted by Crippen LogP contribution is 2.08. The van der Waals surface area contributed by atoms with Crippen molar-refractivity contribution in [3.8, 4) is 0 Å². The van der Waals surface area contributed by atoms with Gasteiger partial charge in [0.05, 0.1) is 0 Å². The Morgan fingerprint density at radius 3 is 2.83 bits per heavy atom. The van der Waals surface area contributed by atoms with Crippen LogP contribution in [0.1, 0.15) is 28.5 Å². The van der Waals surface area contributed by atoms with Crippen molar-refractivity contribution in [3.63, 3.8) is 0 Å². The number of carbonyl (C=O) groups is 1. The van der Waals surface area contributed by atoms with Crippen LogP contribution in [0.5, 0.6) is 0 Å². The third-order valence-electron chi connectivity index (χ3n) is 1.77. The molecule has 0 atom stereocenters. The minimum Gasteiger partial charge on any atom is -0.366 e. The monoisotopic (exact) mass is 164 g/mol. The van der Waals surface area contributed by atoms with E-state index in [1.54, 1.807) is 12.3 Å². The predicted molar refractivity (Wildman–Crippen MR) is 46.9 cm³/mol. The van der Waals surface area contributed by atoms with Crippen molar-refractivity contribution in [2.45, 2.75) is 20.3 Å². The van der Waals surface area contributed by atoms with E-state index in [-0.39, 0.29) is 5.91 Å². The molecule has 0 aliphatic carbocycles. The van der Waals surface area contributed by atoms with E-state index in [1.807, 2.05) is 13.8 Å². The van der Waals surface area contributed by atoms with E-state index in [9.17, 15) is 4.79 Å². The molecule has 64 valence electrons. The van der Waals surface area contributed by atoms with E-state index < -0.39 is 0 Å². The fourth-order valence-corrected chi connectivity index (χ4v) is 1.10. The first kappa shape index (κ1) is 8.71. The number of pyridine rings is 1. The number of amides is 1. The number of rotatable bonds is 2. The second-order valence-electron chi connectivity index (χ2n) is 2.70. The molecule has 2 N–H and O–H groups in total. The van der Waals surface area contributed by atoms with E-state index in [0.29, 0.717) is 5.56 Å². The van der Waals surface area contributed by atoms with Gasteiger partial charge in [-0.3, -0.25) is 9.78 Å². The molecule has 12 heavy (non-hydrogen) atoms. The maximum absolute atomic E-state index is 10.9. The van der Waals surface area contributed by atoms with Gasteiger partial charge in [-0.05, 0) is 25.0 Å². The van der Waals surface area contributed by atoms with Crippen LogP contribution in [0.25, 0.3) is 0 Å². The molecule has 0 aromatic carbocycles. The molecule has 0 fully saturated rings. The van der Waals surface area contributed by atoms with Crippen molar-refractivity contribution < 1.29 is 4.79 Å². The van der Waals surface area contributed by atoms with E-state index in [4.69, 9.17) is 5.73 Å². The van der Waals surface area contributed by atoms with Crippen molar-refractivity contribution in [1.82, 2.24) is 4.98 Å². The van der Waals surface area contributed by atoms with Gasteiger partial charge in [-0.2, -0.15) is 0 Å².